The number of amides is 2. The van der Waals surface area contributed by atoms with Crippen LogP contribution in [-0.2, 0) is 37.6 Å². The lowest BCUT2D eigenvalue weighted by Gasteiger charge is -2.49. The molecule has 0 aromatic rings. The Bertz CT molecular complexity index is 1030. The molecule has 0 spiro atoms. The van der Waals surface area contributed by atoms with E-state index in [9.17, 15) is 44.4 Å². The maximum absolute atomic E-state index is 12.7. The van der Waals surface area contributed by atoms with Crippen molar-refractivity contribution < 1.29 is 67.8 Å². The van der Waals surface area contributed by atoms with Crippen LogP contribution in [0.15, 0.2) is 0 Å². The molecule has 0 radical (unpaired) electrons. The van der Waals surface area contributed by atoms with Gasteiger partial charge < -0.3 is 82.7 Å². The second kappa shape index (κ2) is 16.6. The molecule has 1 saturated carbocycles. The first-order chi connectivity index (χ1) is 21.1. The van der Waals surface area contributed by atoms with Gasteiger partial charge in [-0.15, -0.1) is 0 Å². The summed E-state index contributed by atoms with van der Waals surface area (Å²) in [5.41, 5.74) is 24.0. The van der Waals surface area contributed by atoms with E-state index in [0.29, 0.717) is 12.8 Å². The zero-order valence-corrected chi connectivity index (χ0v) is 25.6. The quantitative estimate of drug-likeness (QED) is 0.0808. The highest BCUT2D eigenvalue weighted by molar-refractivity contribution is 7.46. The van der Waals surface area contributed by atoms with Crippen LogP contribution < -0.4 is 33.6 Å². The lowest BCUT2D eigenvalue weighted by atomic mass is 9.83. The fourth-order valence-corrected chi connectivity index (χ4v) is 6.08. The molecule has 0 unspecified atom stereocenters. The number of aliphatic hydroxyl groups excluding tert-OH is 4. The van der Waals surface area contributed by atoms with Gasteiger partial charge in [-0.05, 0) is 32.2 Å². The maximum Gasteiger partial charge on any atom is 0.470 e. The fraction of sp³-hybridized carbons (Fsp3) is 0.917. The first kappa shape index (κ1) is 38.0. The topological polar surface area (TPSA) is 347 Å². The van der Waals surface area contributed by atoms with Crippen molar-refractivity contribution in [2.75, 3.05) is 19.7 Å². The molecule has 2 saturated heterocycles. The third-order valence-corrected chi connectivity index (χ3v) is 8.44. The average molecular weight is 675 g/mol. The van der Waals surface area contributed by atoms with Crippen LogP contribution in [0.3, 0.4) is 0 Å². The minimum atomic E-state index is -5.25. The number of hydrogen-bond acceptors (Lipinski definition) is 16. The minimum absolute atomic E-state index is 0.0120. The number of carbonyl (C=O) groups excluding carboxylic acids is 2. The summed E-state index contributed by atoms with van der Waals surface area (Å²) < 4.78 is 40.0. The van der Waals surface area contributed by atoms with Crippen LogP contribution in [0.4, 0.5) is 0 Å². The first-order valence-electron chi connectivity index (χ1n) is 14.6. The third-order valence-electron chi connectivity index (χ3n) is 7.92. The van der Waals surface area contributed by atoms with Gasteiger partial charge in [-0.25, -0.2) is 4.57 Å². The highest BCUT2D eigenvalue weighted by Crippen LogP contribution is 2.42. The average Bonchev–Trinajstić information content (AvgIpc) is 2.96. The Labute approximate surface area is 259 Å². The van der Waals surface area contributed by atoms with Crippen LogP contribution in [0.1, 0.15) is 32.6 Å². The monoisotopic (exact) mass is 674 g/mol. The summed E-state index contributed by atoms with van der Waals surface area (Å²) in [5, 5.41) is 47.1. The summed E-state index contributed by atoms with van der Waals surface area (Å²) in [5.74, 6) is -1.13. The lowest BCUT2D eigenvalue weighted by Crippen LogP contribution is -2.69. The standard InChI is InChI=1S/C24H47N6O14P/c1-9(32)29-7-10-2-3-11(26)23(40-10)42-19-12(27)6-13(30-22(36)14(33)4-5-25)20(18(19)35)43-24-21(44-45(37,38)39)16(28)17(34)15(8-31)41-24/h10-21,23-24,31,33-35H,2-8,25-28H2,1H3,(H,29,32)(H,30,36)(H2,37,38,39)/t10-,11+,12-,13+,14-,15+,16-,17+,18-,19+,20-,21+,23+,24+/m0/s1. The molecule has 0 bridgehead atoms. The maximum atomic E-state index is 12.7. The van der Waals surface area contributed by atoms with E-state index in [4.69, 9.17) is 46.4 Å². The van der Waals surface area contributed by atoms with Crippen molar-refractivity contribution in [2.24, 2.45) is 22.9 Å². The Hall–Kier alpha value is -1.43. The molecule has 3 rings (SSSR count). The van der Waals surface area contributed by atoms with Crippen molar-refractivity contribution >= 4 is 19.6 Å². The van der Waals surface area contributed by atoms with Crippen LogP contribution >= 0.6 is 7.82 Å². The number of phosphoric ester groups is 1. The number of aliphatic hydroxyl groups is 4. The van der Waals surface area contributed by atoms with Crippen molar-refractivity contribution in [2.45, 2.75) is 118 Å². The zero-order valence-electron chi connectivity index (χ0n) is 24.7. The van der Waals surface area contributed by atoms with Gasteiger partial charge in [0.2, 0.25) is 11.8 Å². The van der Waals surface area contributed by atoms with Crippen LogP contribution in [0.2, 0.25) is 0 Å². The van der Waals surface area contributed by atoms with Gasteiger partial charge in [-0.2, -0.15) is 0 Å². The number of nitrogens with one attached hydrogen (secondary N) is 2. The number of ether oxygens (including phenoxy) is 4. The third kappa shape index (κ3) is 10.3. The van der Waals surface area contributed by atoms with Crippen LogP contribution in [0.25, 0.3) is 0 Å². The molecule has 2 heterocycles. The summed E-state index contributed by atoms with van der Waals surface area (Å²) in [4.78, 5) is 43.1. The van der Waals surface area contributed by atoms with Gasteiger partial charge in [0.1, 0.15) is 42.7 Å². The largest absolute Gasteiger partial charge is 0.470 e. The molecule has 45 heavy (non-hydrogen) atoms. The summed E-state index contributed by atoms with van der Waals surface area (Å²) in [6.07, 6.45) is -13.4. The summed E-state index contributed by atoms with van der Waals surface area (Å²) in [6.45, 7) is 0.752. The zero-order chi connectivity index (χ0) is 33.6. The van der Waals surface area contributed by atoms with Gasteiger partial charge in [0.05, 0.1) is 30.8 Å². The van der Waals surface area contributed by atoms with E-state index < -0.39 is 106 Å². The van der Waals surface area contributed by atoms with Gasteiger partial charge >= 0.3 is 7.82 Å². The molecule has 262 valence electrons. The van der Waals surface area contributed by atoms with E-state index in [2.05, 4.69) is 10.6 Å². The van der Waals surface area contributed by atoms with Crippen molar-refractivity contribution in [3.8, 4) is 0 Å². The van der Waals surface area contributed by atoms with Crippen molar-refractivity contribution in [1.82, 2.24) is 10.6 Å². The Morgan fingerprint density at radius 2 is 1.67 bits per heavy atom. The number of nitrogens with two attached hydrogens (primary N) is 4. The Kier molecular flexibility index (Phi) is 14.0. The van der Waals surface area contributed by atoms with E-state index >= 15 is 0 Å². The van der Waals surface area contributed by atoms with Gasteiger partial charge in [-0.3, -0.25) is 14.1 Å². The normalized spacial score (nSPS) is 40.0. The molecule has 0 aromatic carbocycles. The summed E-state index contributed by atoms with van der Waals surface area (Å²) in [7, 11) is -5.25. The molecule has 2 aliphatic heterocycles. The SMILES string of the molecule is CC(=O)NC[C@@H]1CC[C@@H](N)[C@@H](O[C@H]2[C@H](O)[C@@H](O[C@H]3O[C@H](CO)[C@@H](O)[C@H](N)[C@H]3OP(=O)(O)O)[C@H](NC(=O)[C@@H](O)CCN)C[C@@H]2N)O1. The molecular formula is C24H47N6O14P. The van der Waals surface area contributed by atoms with Crippen LogP contribution in [-0.4, -0.2) is 147 Å². The van der Waals surface area contributed by atoms with Gasteiger partial charge in [-0.1, -0.05) is 0 Å². The fourth-order valence-electron chi connectivity index (χ4n) is 5.52. The van der Waals surface area contributed by atoms with E-state index in [0.717, 1.165) is 0 Å². The van der Waals surface area contributed by atoms with Crippen molar-refractivity contribution in [3.05, 3.63) is 0 Å². The summed E-state index contributed by atoms with van der Waals surface area (Å²) in [6, 6.07) is -4.32. The molecule has 0 aromatic heterocycles. The second-order valence-corrected chi connectivity index (χ2v) is 12.7. The molecule has 14 atom stereocenters. The second-order valence-electron chi connectivity index (χ2n) is 11.5. The van der Waals surface area contributed by atoms with Gasteiger partial charge in [0, 0.05) is 19.5 Å². The van der Waals surface area contributed by atoms with Crippen LogP contribution in [0, 0.1) is 0 Å². The number of hydrogen-bond donors (Lipinski definition) is 12. The molecule has 20 nitrogen and oxygen atoms in total. The molecule has 2 amide bonds. The Morgan fingerprint density at radius 1 is 1.00 bits per heavy atom. The number of phosphoric acid groups is 1. The molecular weight excluding hydrogens is 627 g/mol. The van der Waals surface area contributed by atoms with E-state index in [1.165, 1.54) is 6.92 Å². The summed E-state index contributed by atoms with van der Waals surface area (Å²) >= 11 is 0. The predicted molar refractivity (Wildman–Crippen MR) is 151 cm³/mol. The van der Waals surface area contributed by atoms with E-state index in [1.54, 1.807) is 0 Å². The lowest BCUT2D eigenvalue weighted by molar-refractivity contribution is -0.311. The molecule has 16 N–H and O–H groups in total. The van der Waals surface area contributed by atoms with Gasteiger partial charge in [0.15, 0.2) is 12.6 Å². The smallest absolute Gasteiger partial charge is 0.394 e. The molecule has 3 fully saturated rings. The molecule has 3 aliphatic rings. The number of carbonyl (C=O) groups is 2. The van der Waals surface area contributed by atoms with Crippen LogP contribution in [0.5, 0.6) is 0 Å². The van der Waals surface area contributed by atoms with Crippen molar-refractivity contribution in [3.63, 3.8) is 0 Å². The predicted octanol–water partition coefficient (Wildman–Crippen LogP) is -6.11. The highest BCUT2D eigenvalue weighted by atomic mass is 31.2. The minimum Gasteiger partial charge on any atom is -0.394 e. The molecule has 21 heteroatoms. The van der Waals surface area contributed by atoms with E-state index in [-0.39, 0.29) is 31.8 Å². The Balaban J connectivity index is 1.89. The highest BCUT2D eigenvalue weighted by Gasteiger charge is 2.52. The van der Waals surface area contributed by atoms with Gasteiger partial charge in [0.25, 0.3) is 0 Å². The first-order valence-corrected chi connectivity index (χ1v) is 16.1. The Morgan fingerprint density at radius 3 is 2.27 bits per heavy atom. The van der Waals surface area contributed by atoms with E-state index in [1.807, 2.05) is 0 Å². The van der Waals surface area contributed by atoms with Crippen molar-refractivity contribution in [1.29, 1.82) is 0 Å². The number of rotatable bonds is 13. The molecule has 1 aliphatic carbocycles.